The number of hydrogen-bond donors (Lipinski definition) is 2. The highest BCUT2D eigenvalue weighted by atomic mass is 16.2. The van der Waals surface area contributed by atoms with Crippen LogP contribution in [0.4, 0.5) is 4.79 Å². The summed E-state index contributed by atoms with van der Waals surface area (Å²) < 4.78 is 0. The molecule has 1 fully saturated rings. The first-order chi connectivity index (χ1) is 8.41. The van der Waals surface area contributed by atoms with Gasteiger partial charge in [-0.05, 0) is 12.3 Å². The highest BCUT2D eigenvalue weighted by Gasteiger charge is 2.47. The third kappa shape index (κ3) is 2.00. The van der Waals surface area contributed by atoms with Crippen LogP contribution in [-0.4, -0.2) is 53.5 Å². The molecule has 2 rings (SSSR count). The number of carbonyl (C=O) groups excluding carboxylic acids is 2. The molecule has 0 aromatic heterocycles. The molecule has 0 radical (unpaired) electrons. The van der Waals surface area contributed by atoms with E-state index in [-0.39, 0.29) is 5.91 Å². The summed E-state index contributed by atoms with van der Waals surface area (Å²) in [4.78, 5) is 30.8. The van der Waals surface area contributed by atoms with Crippen molar-refractivity contribution in [3.63, 3.8) is 0 Å². The van der Waals surface area contributed by atoms with E-state index in [4.69, 9.17) is 5.73 Å². The molecule has 0 aliphatic carbocycles. The molecule has 0 saturated carbocycles. The zero-order valence-corrected chi connectivity index (χ0v) is 10.9. The second kappa shape index (κ2) is 4.47. The predicted molar refractivity (Wildman–Crippen MR) is 66.7 cm³/mol. The lowest BCUT2D eigenvalue weighted by atomic mass is 10.1. The second-order valence-electron chi connectivity index (χ2n) is 5.13. The maximum atomic E-state index is 11.9. The van der Waals surface area contributed by atoms with E-state index in [9.17, 15) is 9.59 Å². The van der Waals surface area contributed by atoms with Gasteiger partial charge in [-0.1, -0.05) is 13.8 Å². The fourth-order valence-corrected chi connectivity index (χ4v) is 2.20. The summed E-state index contributed by atoms with van der Waals surface area (Å²) in [6.45, 7) is 4.89. The van der Waals surface area contributed by atoms with Gasteiger partial charge in [0.2, 0.25) is 0 Å². The molecule has 2 atom stereocenters. The van der Waals surface area contributed by atoms with Gasteiger partial charge >= 0.3 is 6.03 Å². The van der Waals surface area contributed by atoms with Crippen LogP contribution < -0.4 is 11.1 Å². The van der Waals surface area contributed by atoms with Crippen molar-refractivity contribution < 1.29 is 9.59 Å². The minimum atomic E-state index is -0.501. The molecule has 3 N–H and O–H groups in total. The molecule has 2 heterocycles. The van der Waals surface area contributed by atoms with Crippen LogP contribution in [0.15, 0.2) is 4.99 Å². The molecule has 7 nitrogen and oxygen atoms in total. The molecule has 0 bridgehead atoms. The fourth-order valence-electron chi connectivity index (χ4n) is 2.20. The summed E-state index contributed by atoms with van der Waals surface area (Å²) in [5, 5.41) is 2.32. The Balaban J connectivity index is 2.17. The number of aliphatic imine (C=N–C) groups is 1. The number of nitrogens with one attached hydrogen (secondary N) is 1. The number of guanidine groups is 1. The smallest absolute Gasteiger partial charge is 0.325 e. The molecule has 0 aromatic rings. The molecule has 18 heavy (non-hydrogen) atoms. The number of fused-ring (bicyclic) bond motifs is 1. The van der Waals surface area contributed by atoms with Crippen molar-refractivity contribution in [2.24, 2.45) is 16.6 Å². The van der Waals surface area contributed by atoms with Crippen molar-refractivity contribution >= 4 is 17.9 Å². The van der Waals surface area contributed by atoms with Gasteiger partial charge in [-0.25, -0.2) is 9.79 Å². The zero-order valence-electron chi connectivity index (χ0n) is 10.9. The van der Waals surface area contributed by atoms with E-state index < -0.39 is 18.2 Å². The molecule has 3 amide bonds. The summed E-state index contributed by atoms with van der Waals surface area (Å²) >= 11 is 0. The van der Waals surface area contributed by atoms with Crippen molar-refractivity contribution in [1.29, 1.82) is 0 Å². The summed E-state index contributed by atoms with van der Waals surface area (Å²) in [5.41, 5.74) is 5.85. The average Bonchev–Trinajstić information content (AvgIpc) is 2.61. The maximum absolute atomic E-state index is 11.9. The van der Waals surface area contributed by atoms with E-state index in [2.05, 4.69) is 24.2 Å². The lowest BCUT2D eigenvalue weighted by Gasteiger charge is -2.36. The largest absolute Gasteiger partial charge is 0.370 e. The Morgan fingerprint density at radius 3 is 2.72 bits per heavy atom. The molecule has 2 aliphatic heterocycles. The average molecular weight is 253 g/mol. The van der Waals surface area contributed by atoms with E-state index >= 15 is 0 Å². The number of imide groups is 1. The number of amides is 3. The van der Waals surface area contributed by atoms with Crippen LogP contribution in [-0.2, 0) is 4.79 Å². The van der Waals surface area contributed by atoms with Crippen LogP contribution in [0.3, 0.4) is 0 Å². The Bertz CT molecular complexity index is 406. The van der Waals surface area contributed by atoms with Gasteiger partial charge in [0.1, 0.15) is 0 Å². The standard InChI is InChI=1S/C11H19N5O2/c1-6(2)4-5-16-7-8(13-10(16)12)15(3)11(18)14-9(7)17/h6-8H,4-5H2,1-3H3,(H2,12,13)(H,14,17,18). The van der Waals surface area contributed by atoms with Crippen LogP contribution in [0.1, 0.15) is 20.3 Å². The van der Waals surface area contributed by atoms with Gasteiger partial charge in [0.25, 0.3) is 5.91 Å². The first-order valence-electron chi connectivity index (χ1n) is 6.09. The Morgan fingerprint density at radius 2 is 2.11 bits per heavy atom. The highest BCUT2D eigenvalue weighted by molar-refractivity contribution is 6.03. The van der Waals surface area contributed by atoms with Crippen molar-refractivity contribution in [3.8, 4) is 0 Å². The van der Waals surface area contributed by atoms with Crippen LogP contribution in [0.5, 0.6) is 0 Å². The molecule has 0 spiro atoms. The van der Waals surface area contributed by atoms with E-state index in [1.54, 1.807) is 11.9 Å². The predicted octanol–water partition coefficient (Wildman–Crippen LogP) is -0.461. The van der Waals surface area contributed by atoms with Gasteiger partial charge in [-0.15, -0.1) is 0 Å². The minimum Gasteiger partial charge on any atom is -0.370 e. The highest BCUT2D eigenvalue weighted by Crippen LogP contribution is 2.23. The summed E-state index contributed by atoms with van der Waals surface area (Å²) in [6, 6.07) is -0.921. The molecule has 7 heteroatoms. The first kappa shape index (κ1) is 12.7. The molecule has 1 saturated heterocycles. The number of rotatable bonds is 3. The van der Waals surface area contributed by atoms with Gasteiger partial charge < -0.3 is 15.5 Å². The third-order valence-corrected chi connectivity index (χ3v) is 3.34. The Morgan fingerprint density at radius 1 is 1.44 bits per heavy atom. The van der Waals surface area contributed by atoms with E-state index in [1.165, 1.54) is 4.90 Å². The molecule has 2 unspecified atom stereocenters. The molecule has 0 aromatic carbocycles. The van der Waals surface area contributed by atoms with Gasteiger partial charge in [0.05, 0.1) is 0 Å². The summed E-state index contributed by atoms with van der Waals surface area (Å²) in [6.07, 6.45) is 0.420. The SMILES string of the molecule is CC(C)CCN1C(N)=NC2C1C(=O)NC(=O)N2C. The second-order valence-corrected chi connectivity index (χ2v) is 5.13. The molecule has 100 valence electrons. The van der Waals surface area contributed by atoms with Crippen LogP contribution in [0.2, 0.25) is 0 Å². The number of nitrogens with zero attached hydrogens (tertiary/aromatic N) is 3. The molecular weight excluding hydrogens is 234 g/mol. The quantitative estimate of drug-likeness (QED) is 0.712. The monoisotopic (exact) mass is 253 g/mol. The summed E-state index contributed by atoms with van der Waals surface area (Å²) in [7, 11) is 1.61. The lowest BCUT2D eigenvalue weighted by Crippen LogP contribution is -2.64. The van der Waals surface area contributed by atoms with Crippen LogP contribution in [0, 0.1) is 5.92 Å². The fraction of sp³-hybridized carbons (Fsp3) is 0.727. The number of urea groups is 1. The van der Waals surface area contributed by atoms with Gasteiger partial charge in [-0.2, -0.15) is 0 Å². The summed E-state index contributed by atoms with van der Waals surface area (Å²) in [5.74, 6) is 0.529. The van der Waals surface area contributed by atoms with E-state index in [0.717, 1.165) is 6.42 Å². The van der Waals surface area contributed by atoms with Crippen molar-refractivity contribution in [1.82, 2.24) is 15.1 Å². The van der Waals surface area contributed by atoms with Gasteiger partial charge in [-0.3, -0.25) is 10.1 Å². The number of carbonyl (C=O) groups is 2. The number of hydrogen-bond acceptors (Lipinski definition) is 5. The lowest BCUT2D eigenvalue weighted by molar-refractivity contribution is -0.127. The van der Waals surface area contributed by atoms with Crippen molar-refractivity contribution in [2.75, 3.05) is 13.6 Å². The maximum Gasteiger partial charge on any atom is 0.325 e. The van der Waals surface area contributed by atoms with E-state index in [1.807, 2.05) is 0 Å². The minimum absolute atomic E-state index is 0.323. The third-order valence-electron chi connectivity index (χ3n) is 3.34. The number of likely N-dealkylation sites (N-methyl/N-ethyl adjacent to an activating group) is 1. The molecular formula is C11H19N5O2. The zero-order chi connectivity index (χ0) is 13.4. The Hall–Kier alpha value is -1.79. The van der Waals surface area contributed by atoms with Crippen LogP contribution in [0.25, 0.3) is 0 Å². The first-order valence-corrected chi connectivity index (χ1v) is 6.09. The number of nitrogens with two attached hydrogens (primary N) is 1. The Labute approximate surface area is 106 Å². The van der Waals surface area contributed by atoms with Crippen LogP contribution >= 0.6 is 0 Å². The van der Waals surface area contributed by atoms with Crippen molar-refractivity contribution in [2.45, 2.75) is 32.5 Å². The van der Waals surface area contributed by atoms with Crippen molar-refractivity contribution in [3.05, 3.63) is 0 Å². The Kier molecular flexibility index (Phi) is 3.14. The molecule has 2 aliphatic rings. The van der Waals surface area contributed by atoms with E-state index in [0.29, 0.717) is 18.4 Å². The normalized spacial score (nSPS) is 27.4. The topological polar surface area (TPSA) is 91.0 Å². The van der Waals surface area contributed by atoms with Gasteiger partial charge in [0.15, 0.2) is 18.2 Å². The van der Waals surface area contributed by atoms with Gasteiger partial charge in [0, 0.05) is 13.6 Å².